The molecule has 0 spiro atoms. The summed E-state index contributed by atoms with van der Waals surface area (Å²) >= 11 is 0. The van der Waals surface area contributed by atoms with E-state index in [2.05, 4.69) is 50.2 Å². The number of fused-ring (bicyclic) bond motifs is 2. The number of nitrogens with zero attached hydrogens (tertiary/aromatic N) is 4. The number of nitriles is 1. The van der Waals surface area contributed by atoms with E-state index in [0.29, 0.717) is 11.2 Å². The molecule has 4 rings (SSSR count). The second-order valence-electron chi connectivity index (χ2n) is 4.86. The van der Waals surface area contributed by atoms with Gasteiger partial charge in [-0.1, -0.05) is 24.3 Å². The number of rotatable bonds is 1. The molecule has 5 nitrogen and oxygen atoms in total. The van der Waals surface area contributed by atoms with Crippen molar-refractivity contribution in [3.8, 4) is 6.07 Å². The smallest absolute Gasteiger partial charge is 0.144 e. The summed E-state index contributed by atoms with van der Waals surface area (Å²) < 4.78 is 0. The van der Waals surface area contributed by atoms with Crippen molar-refractivity contribution in [2.45, 2.75) is 13.1 Å². The van der Waals surface area contributed by atoms with Crippen molar-refractivity contribution < 1.29 is 0 Å². The first-order valence-corrected chi connectivity index (χ1v) is 6.41. The van der Waals surface area contributed by atoms with Gasteiger partial charge in [0.05, 0.1) is 10.9 Å². The van der Waals surface area contributed by atoms with Crippen LogP contribution in [0.2, 0.25) is 0 Å². The summed E-state index contributed by atoms with van der Waals surface area (Å²) in [6, 6.07) is 10.6. The minimum absolute atomic E-state index is 0.589. The topological polar surface area (TPSA) is 68.6 Å². The molecule has 0 atom stereocenters. The van der Waals surface area contributed by atoms with E-state index < -0.39 is 0 Å². The lowest BCUT2D eigenvalue weighted by Gasteiger charge is -2.17. The molecular weight excluding hydrogens is 250 g/mol. The molecule has 96 valence electrons. The van der Waals surface area contributed by atoms with Crippen LogP contribution in [0.5, 0.6) is 0 Å². The first kappa shape index (κ1) is 11.0. The molecule has 2 aromatic heterocycles. The summed E-state index contributed by atoms with van der Waals surface area (Å²) in [5.41, 5.74) is 3.93. The molecule has 0 amide bonds. The molecule has 0 fully saturated rings. The van der Waals surface area contributed by atoms with Crippen LogP contribution in [0.25, 0.3) is 11.0 Å². The minimum Gasteiger partial charge on any atom is -0.347 e. The highest BCUT2D eigenvalue weighted by Crippen LogP contribution is 2.32. The molecule has 1 N–H and O–H groups in total. The van der Waals surface area contributed by atoms with Crippen LogP contribution in [0.4, 0.5) is 5.82 Å². The summed E-state index contributed by atoms with van der Waals surface area (Å²) in [5, 5.41) is 10.0. The van der Waals surface area contributed by atoms with E-state index in [4.69, 9.17) is 0 Å². The molecule has 0 unspecified atom stereocenters. The highest BCUT2D eigenvalue weighted by atomic mass is 15.2. The van der Waals surface area contributed by atoms with E-state index in [1.54, 1.807) is 6.20 Å². The van der Waals surface area contributed by atoms with Crippen molar-refractivity contribution in [3.05, 3.63) is 53.5 Å². The van der Waals surface area contributed by atoms with Crippen molar-refractivity contribution in [1.82, 2.24) is 15.0 Å². The predicted molar refractivity (Wildman–Crippen MR) is 74.9 cm³/mol. The zero-order valence-corrected chi connectivity index (χ0v) is 10.7. The Morgan fingerprint density at radius 1 is 1.15 bits per heavy atom. The third kappa shape index (κ3) is 1.48. The monoisotopic (exact) mass is 261 g/mol. The third-order valence-electron chi connectivity index (χ3n) is 3.71. The summed E-state index contributed by atoms with van der Waals surface area (Å²) in [6.07, 6.45) is 3.23. The average Bonchev–Trinajstić information content (AvgIpc) is 3.10. The Hall–Kier alpha value is -2.87. The lowest BCUT2D eigenvalue weighted by Crippen LogP contribution is -2.16. The highest BCUT2D eigenvalue weighted by molar-refractivity contribution is 5.93. The number of aromatic nitrogens is 3. The standard InChI is InChI=1S/C15H11N5/c16-5-12-6-17-14-13(12)15(19-9-18-14)20-7-10-3-1-2-4-11(10)8-20/h1-4,6,9H,7-8H2,(H,17,18,19). The predicted octanol–water partition coefficient (Wildman–Crippen LogP) is 2.35. The Morgan fingerprint density at radius 3 is 2.60 bits per heavy atom. The van der Waals surface area contributed by atoms with Gasteiger partial charge in [-0.05, 0) is 11.1 Å². The molecule has 5 heteroatoms. The third-order valence-corrected chi connectivity index (χ3v) is 3.71. The van der Waals surface area contributed by atoms with Gasteiger partial charge < -0.3 is 9.88 Å². The van der Waals surface area contributed by atoms with Gasteiger partial charge in [0.15, 0.2) is 0 Å². The molecule has 0 saturated carbocycles. The van der Waals surface area contributed by atoms with Crippen LogP contribution in [0.1, 0.15) is 16.7 Å². The van der Waals surface area contributed by atoms with Crippen molar-refractivity contribution in [1.29, 1.82) is 5.26 Å². The van der Waals surface area contributed by atoms with Gasteiger partial charge in [-0.25, -0.2) is 9.97 Å². The maximum Gasteiger partial charge on any atom is 0.144 e. The minimum atomic E-state index is 0.589. The van der Waals surface area contributed by atoms with Crippen LogP contribution in [0, 0.1) is 11.3 Å². The maximum atomic E-state index is 9.22. The lowest BCUT2D eigenvalue weighted by atomic mass is 10.1. The summed E-state index contributed by atoms with van der Waals surface area (Å²) in [6.45, 7) is 1.64. The Kier molecular flexibility index (Phi) is 2.24. The van der Waals surface area contributed by atoms with Crippen molar-refractivity contribution >= 4 is 16.9 Å². The first-order chi connectivity index (χ1) is 9.86. The van der Waals surface area contributed by atoms with Crippen molar-refractivity contribution in [3.63, 3.8) is 0 Å². The number of nitrogens with one attached hydrogen (secondary N) is 1. The second-order valence-corrected chi connectivity index (χ2v) is 4.86. The molecular formula is C15H11N5. The zero-order valence-electron chi connectivity index (χ0n) is 10.7. The van der Waals surface area contributed by atoms with E-state index in [1.165, 1.54) is 17.5 Å². The summed E-state index contributed by atoms with van der Waals surface area (Å²) in [4.78, 5) is 13.8. The van der Waals surface area contributed by atoms with Gasteiger partial charge >= 0.3 is 0 Å². The Morgan fingerprint density at radius 2 is 1.90 bits per heavy atom. The van der Waals surface area contributed by atoms with E-state index >= 15 is 0 Å². The molecule has 0 radical (unpaired) electrons. The van der Waals surface area contributed by atoms with Crippen molar-refractivity contribution in [2.24, 2.45) is 0 Å². The molecule has 0 bridgehead atoms. The van der Waals surface area contributed by atoms with Crippen LogP contribution < -0.4 is 4.90 Å². The SMILES string of the molecule is N#Cc1c[nH]c2ncnc(N3Cc4ccccc4C3)c12. The van der Waals surface area contributed by atoms with Crippen molar-refractivity contribution in [2.75, 3.05) is 4.90 Å². The van der Waals surface area contributed by atoms with Gasteiger partial charge in [0.2, 0.25) is 0 Å². The van der Waals surface area contributed by atoms with Gasteiger partial charge in [0.1, 0.15) is 23.9 Å². The number of hydrogen-bond acceptors (Lipinski definition) is 4. The number of aromatic amines is 1. The van der Waals surface area contributed by atoms with Crippen LogP contribution in [0.15, 0.2) is 36.8 Å². The van der Waals surface area contributed by atoms with E-state index in [9.17, 15) is 5.26 Å². The second kappa shape index (κ2) is 4.07. The highest BCUT2D eigenvalue weighted by Gasteiger charge is 2.23. The first-order valence-electron chi connectivity index (χ1n) is 6.41. The van der Waals surface area contributed by atoms with Gasteiger partial charge in [-0.2, -0.15) is 5.26 Å². The zero-order chi connectivity index (χ0) is 13.5. The molecule has 20 heavy (non-hydrogen) atoms. The molecule has 1 aliphatic rings. The molecule has 0 saturated heterocycles. The van der Waals surface area contributed by atoms with E-state index in [-0.39, 0.29) is 0 Å². The van der Waals surface area contributed by atoms with Gasteiger partial charge in [0.25, 0.3) is 0 Å². The Balaban J connectivity index is 1.85. The molecule has 1 aliphatic heterocycles. The largest absolute Gasteiger partial charge is 0.347 e. The summed E-state index contributed by atoms with van der Waals surface area (Å²) in [5.74, 6) is 0.823. The number of benzene rings is 1. The maximum absolute atomic E-state index is 9.22. The van der Waals surface area contributed by atoms with E-state index in [0.717, 1.165) is 24.3 Å². The van der Waals surface area contributed by atoms with Gasteiger partial charge in [-0.15, -0.1) is 0 Å². The fourth-order valence-electron chi connectivity index (χ4n) is 2.76. The summed E-state index contributed by atoms with van der Waals surface area (Å²) in [7, 11) is 0. The molecule has 3 heterocycles. The average molecular weight is 261 g/mol. The van der Waals surface area contributed by atoms with Gasteiger partial charge in [0, 0.05) is 19.3 Å². The Bertz CT molecular complexity index is 818. The quantitative estimate of drug-likeness (QED) is 0.730. The molecule has 3 aromatic rings. The van der Waals surface area contributed by atoms with E-state index in [1.807, 2.05) is 0 Å². The Labute approximate surface area is 115 Å². The fraction of sp³-hybridized carbons (Fsp3) is 0.133. The van der Waals surface area contributed by atoms with Crippen LogP contribution in [0.3, 0.4) is 0 Å². The van der Waals surface area contributed by atoms with Crippen LogP contribution in [-0.4, -0.2) is 15.0 Å². The normalized spacial score (nSPS) is 13.4. The van der Waals surface area contributed by atoms with Crippen LogP contribution in [-0.2, 0) is 13.1 Å². The fourth-order valence-corrected chi connectivity index (χ4v) is 2.76. The van der Waals surface area contributed by atoms with Crippen LogP contribution >= 0.6 is 0 Å². The number of H-pyrrole nitrogens is 1. The number of hydrogen-bond donors (Lipinski definition) is 1. The molecule has 0 aliphatic carbocycles. The molecule has 1 aromatic carbocycles. The number of anilines is 1. The lowest BCUT2D eigenvalue weighted by molar-refractivity contribution is 0.859. The van der Waals surface area contributed by atoms with Gasteiger partial charge in [-0.3, -0.25) is 0 Å².